The number of hydrogen-bond acceptors (Lipinski definition) is 6. The van der Waals surface area contributed by atoms with Crippen LogP contribution in [-0.4, -0.2) is 44.1 Å². The van der Waals surface area contributed by atoms with Crippen LogP contribution in [0, 0.1) is 18.8 Å². The predicted molar refractivity (Wildman–Crippen MR) is 127 cm³/mol. The van der Waals surface area contributed by atoms with Crippen LogP contribution in [0.4, 0.5) is 5.82 Å². The Morgan fingerprint density at radius 2 is 1.93 bits per heavy atom. The molecule has 0 saturated carbocycles. The van der Waals surface area contributed by atoms with E-state index >= 15 is 0 Å². The first-order valence-corrected chi connectivity index (χ1v) is 11.5. The summed E-state index contributed by atoms with van der Waals surface area (Å²) in [5, 5.41) is 0. The zero-order chi connectivity index (χ0) is 21.6. The topological polar surface area (TPSA) is 57.9 Å². The fraction of sp³-hybridized carbons (Fsp3) is 0.455. The Kier molecular flexibility index (Phi) is 5.72. The molecule has 2 saturated heterocycles. The van der Waals surface area contributed by atoms with Crippen molar-refractivity contribution in [3.8, 4) is 0 Å². The van der Waals surface area contributed by atoms with Gasteiger partial charge < -0.3 is 4.90 Å². The van der Waals surface area contributed by atoms with E-state index in [1.54, 1.807) is 21.6 Å². The van der Waals surface area contributed by atoms with Gasteiger partial charge in [-0.25, -0.2) is 4.98 Å². The maximum absolute atomic E-state index is 13.5. The van der Waals surface area contributed by atoms with Crippen LogP contribution in [0.15, 0.2) is 28.0 Å². The first-order chi connectivity index (χ1) is 14.3. The van der Waals surface area contributed by atoms with Crippen LogP contribution in [-0.2, 0) is 4.79 Å². The van der Waals surface area contributed by atoms with Crippen LogP contribution >= 0.6 is 24.0 Å². The number of aromatic nitrogens is 2. The maximum Gasteiger partial charge on any atom is 0.267 e. The van der Waals surface area contributed by atoms with Gasteiger partial charge in [0, 0.05) is 25.8 Å². The van der Waals surface area contributed by atoms with Gasteiger partial charge in [0.05, 0.1) is 10.5 Å². The summed E-state index contributed by atoms with van der Waals surface area (Å²) < 4.78 is 2.10. The van der Waals surface area contributed by atoms with Crippen molar-refractivity contribution < 1.29 is 4.79 Å². The second kappa shape index (κ2) is 8.15. The van der Waals surface area contributed by atoms with Gasteiger partial charge in [-0.05, 0) is 49.8 Å². The molecule has 4 rings (SSSR count). The fourth-order valence-electron chi connectivity index (χ4n) is 4.35. The Morgan fingerprint density at radius 1 is 1.23 bits per heavy atom. The van der Waals surface area contributed by atoms with Crippen LogP contribution in [0.3, 0.4) is 0 Å². The highest BCUT2D eigenvalue weighted by atomic mass is 32.2. The average molecular weight is 443 g/mol. The fourth-order valence-corrected chi connectivity index (χ4v) is 5.72. The van der Waals surface area contributed by atoms with Gasteiger partial charge in [0.1, 0.15) is 15.8 Å². The number of nitrogens with zero attached hydrogens (tertiary/aromatic N) is 4. The van der Waals surface area contributed by atoms with Crippen LogP contribution in [0.2, 0.25) is 0 Å². The average Bonchev–Trinajstić information content (AvgIpc) is 2.96. The molecule has 0 spiro atoms. The molecule has 6 nitrogen and oxygen atoms in total. The summed E-state index contributed by atoms with van der Waals surface area (Å²) in [5.74, 6) is 1.54. The zero-order valence-corrected chi connectivity index (χ0v) is 19.3. The first-order valence-electron chi connectivity index (χ1n) is 10.3. The second-order valence-corrected chi connectivity index (χ2v) is 10.0. The van der Waals surface area contributed by atoms with E-state index < -0.39 is 0 Å². The summed E-state index contributed by atoms with van der Waals surface area (Å²) in [7, 11) is 0. The third-order valence-corrected chi connectivity index (χ3v) is 7.00. The number of carbonyl (C=O) groups excluding carboxylic acids is 1. The molecular formula is C22H26N4O2S2. The van der Waals surface area contributed by atoms with E-state index in [0.29, 0.717) is 44.6 Å². The van der Waals surface area contributed by atoms with Crippen molar-refractivity contribution in [1.82, 2.24) is 14.3 Å². The molecular weight excluding hydrogens is 416 g/mol. The number of aryl methyl sites for hydroxylation is 1. The lowest BCUT2D eigenvalue weighted by molar-refractivity contribution is -0.121. The zero-order valence-electron chi connectivity index (χ0n) is 17.7. The van der Waals surface area contributed by atoms with Crippen molar-refractivity contribution in [3.63, 3.8) is 0 Å². The Labute approximate surface area is 186 Å². The van der Waals surface area contributed by atoms with Gasteiger partial charge in [-0.3, -0.25) is 18.9 Å². The van der Waals surface area contributed by atoms with E-state index in [0.717, 1.165) is 25.1 Å². The summed E-state index contributed by atoms with van der Waals surface area (Å²) in [6.07, 6.45) is 4.65. The van der Waals surface area contributed by atoms with Crippen molar-refractivity contribution in [3.05, 3.63) is 44.7 Å². The molecule has 4 heterocycles. The van der Waals surface area contributed by atoms with Gasteiger partial charge in [0.25, 0.3) is 11.5 Å². The number of fused-ring (bicyclic) bond motifs is 1. The van der Waals surface area contributed by atoms with Crippen molar-refractivity contribution in [1.29, 1.82) is 0 Å². The molecule has 2 fully saturated rings. The SMILES string of the molecule is CCN1C(=O)/C(=C/c2c(N3C[C@@H](C)C[C@H](C)C3)nc3ccc(C)cn3c2=O)SC1=S. The van der Waals surface area contributed by atoms with E-state index in [-0.39, 0.29) is 11.5 Å². The third kappa shape index (κ3) is 3.78. The molecule has 0 bridgehead atoms. The summed E-state index contributed by atoms with van der Waals surface area (Å²) in [4.78, 5) is 35.4. The predicted octanol–water partition coefficient (Wildman–Crippen LogP) is 3.71. The molecule has 2 aromatic rings. The van der Waals surface area contributed by atoms with E-state index in [1.807, 2.05) is 26.0 Å². The molecule has 2 aliphatic heterocycles. The van der Waals surface area contributed by atoms with Gasteiger partial charge in [-0.15, -0.1) is 0 Å². The van der Waals surface area contributed by atoms with Crippen molar-refractivity contribution in [2.75, 3.05) is 24.5 Å². The molecule has 2 aliphatic rings. The third-order valence-electron chi connectivity index (χ3n) is 5.62. The van der Waals surface area contributed by atoms with E-state index in [2.05, 4.69) is 18.7 Å². The van der Waals surface area contributed by atoms with E-state index in [9.17, 15) is 9.59 Å². The van der Waals surface area contributed by atoms with Gasteiger partial charge in [0.2, 0.25) is 0 Å². The Hall–Kier alpha value is -2.19. The summed E-state index contributed by atoms with van der Waals surface area (Å²) in [6, 6.07) is 3.83. The molecule has 0 N–H and O–H groups in total. The number of pyridine rings is 1. The summed E-state index contributed by atoms with van der Waals surface area (Å²) >= 11 is 6.59. The molecule has 0 unspecified atom stereocenters. The van der Waals surface area contributed by atoms with Gasteiger partial charge in [0.15, 0.2) is 0 Å². The Morgan fingerprint density at radius 3 is 2.57 bits per heavy atom. The molecule has 8 heteroatoms. The molecule has 158 valence electrons. The lowest BCUT2D eigenvalue weighted by atomic mass is 9.91. The minimum atomic E-state index is -0.161. The highest BCUT2D eigenvalue weighted by Gasteiger charge is 2.32. The lowest BCUT2D eigenvalue weighted by Gasteiger charge is -2.36. The normalized spacial score (nSPS) is 23.8. The minimum absolute atomic E-state index is 0.146. The monoisotopic (exact) mass is 442 g/mol. The lowest BCUT2D eigenvalue weighted by Crippen LogP contribution is -2.40. The van der Waals surface area contributed by atoms with Crippen molar-refractivity contribution in [2.45, 2.75) is 34.1 Å². The van der Waals surface area contributed by atoms with Gasteiger partial charge >= 0.3 is 0 Å². The highest BCUT2D eigenvalue weighted by Crippen LogP contribution is 2.34. The molecule has 0 aromatic carbocycles. The van der Waals surface area contributed by atoms with Gasteiger partial charge in [-0.1, -0.05) is 43.9 Å². The number of likely N-dealkylation sites (N-methyl/N-ethyl adjacent to an activating group) is 1. The molecule has 0 radical (unpaired) electrons. The highest BCUT2D eigenvalue weighted by molar-refractivity contribution is 8.26. The molecule has 30 heavy (non-hydrogen) atoms. The number of hydrogen-bond donors (Lipinski definition) is 0. The quantitative estimate of drug-likeness (QED) is 0.534. The van der Waals surface area contributed by atoms with Crippen molar-refractivity contribution in [2.24, 2.45) is 11.8 Å². The van der Waals surface area contributed by atoms with Crippen LogP contribution in [0.1, 0.15) is 38.3 Å². The van der Waals surface area contributed by atoms with Crippen LogP contribution in [0.25, 0.3) is 11.7 Å². The number of rotatable bonds is 3. The number of thiocarbonyl (C=S) groups is 1. The Balaban J connectivity index is 1.91. The molecule has 2 aromatic heterocycles. The number of thioether (sulfide) groups is 1. The number of amides is 1. The Bertz CT molecular complexity index is 1110. The maximum atomic E-state index is 13.5. The van der Waals surface area contributed by atoms with E-state index in [1.165, 1.54) is 11.8 Å². The largest absolute Gasteiger partial charge is 0.355 e. The standard InChI is InChI=1S/C22H26N4O2S2/c1-5-25-21(28)17(30-22(25)29)9-16-19(24-10-14(3)8-15(4)11-24)23-18-7-6-13(2)12-26(18)20(16)27/h6-7,9,12,14-15H,5,8,10-11H2,1-4H3/b17-9-/t14-,15-/m0/s1. The number of anilines is 1. The summed E-state index contributed by atoms with van der Waals surface area (Å²) in [6.45, 7) is 10.5. The number of piperidine rings is 1. The first kappa shape index (κ1) is 21.1. The van der Waals surface area contributed by atoms with Crippen molar-refractivity contribution >= 4 is 51.7 Å². The smallest absolute Gasteiger partial charge is 0.267 e. The van der Waals surface area contributed by atoms with Crippen LogP contribution < -0.4 is 10.5 Å². The minimum Gasteiger partial charge on any atom is -0.355 e. The van der Waals surface area contributed by atoms with E-state index in [4.69, 9.17) is 17.2 Å². The molecule has 2 atom stereocenters. The number of carbonyl (C=O) groups is 1. The second-order valence-electron chi connectivity index (χ2n) is 8.37. The van der Waals surface area contributed by atoms with Gasteiger partial charge in [-0.2, -0.15) is 0 Å². The molecule has 1 amide bonds. The van der Waals surface area contributed by atoms with Crippen LogP contribution in [0.5, 0.6) is 0 Å². The molecule has 0 aliphatic carbocycles. The summed E-state index contributed by atoms with van der Waals surface area (Å²) in [5.41, 5.74) is 1.88.